The number of thiazole rings is 1. The molecule has 3 fully saturated rings. The Bertz CT molecular complexity index is 1420. The van der Waals surface area contributed by atoms with Gasteiger partial charge in [0.2, 0.25) is 0 Å². The molecule has 3 saturated carbocycles. The van der Waals surface area contributed by atoms with Gasteiger partial charge in [-0.2, -0.15) is 0 Å². The van der Waals surface area contributed by atoms with Gasteiger partial charge in [0.15, 0.2) is 23.1 Å². The van der Waals surface area contributed by atoms with E-state index in [0.29, 0.717) is 28.3 Å². The van der Waals surface area contributed by atoms with Crippen molar-refractivity contribution in [3.05, 3.63) is 34.9 Å². The molecule has 4 aromatic heterocycles. The van der Waals surface area contributed by atoms with Gasteiger partial charge in [0.05, 0.1) is 24.3 Å². The summed E-state index contributed by atoms with van der Waals surface area (Å²) in [5.74, 6) is -0.482. The van der Waals surface area contributed by atoms with E-state index in [0.717, 1.165) is 25.7 Å². The van der Waals surface area contributed by atoms with Crippen LogP contribution in [-0.4, -0.2) is 48.5 Å². The largest absolute Gasteiger partial charge is 0.466 e. The second-order valence-corrected chi connectivity index (χ2v) is 10.4. The van der Waals surface area contributed by atoms with Gasteiger partial charge < -0.3 is 15.0 Å². The van der Waals surface area contributed by atoms with Gasteiger partial charge in [-0.15, -0.1) is 11.3 Å². The third kappa shape index (κ3) is 4.00. The Morgan fingerprint density at radius 3 is 2.78 bits per heavy atom. The van der Waals surface area contributed by atoms with Crippen LogP contribution in [0.4, 0.5) is 10.2 Å². The normalized spacial score (nSPS) is 23.2. The summed E-state index contributed by atoms with van der Waals surface area (Å²) in [6, 6.07) is -0.282. The third-order valence-corrected chi connectivity index (χ3v) is 8.12. The molecule has 2 N–H and O–H groups in total. The lowest BCUT2D eigenvalue weighted by Gasteiger charge is -2.47. The van der Waals surface area contributed by atoms with Crippen molar-refractivity contribution in [2.24, 2.45) is 17.8 Å². The molecule has 3 aliphatic rings. The highest BCUT2D eigenvalue weighted by molar-refractivity contribution is 7.13. The Morgan fingerprint density at radius 2 is 2.03 bits per heavy atom. The molecule has 12 heteroatoms. The minimum atomic E-state index is -0.610. The molecule has 9 nitrogen and oxygen atoms in total. The number of aromatic amines is 1. The zero-order valence-electron chi connectivity index (χ0n) is 19.4. The molecule has 7 rings (SSSR count). The number of nitrogens with zero attached hydrogens (tertiary/aromatic N) is 5. The van der Waals surface area contributed by atoms with Gasteiger partial charge in [0.1, 0.15) is 21.4 Å². The maximum absolute atomic E-state index is 15.9. The summed E-state index contributed by atoms with van der Waals surface area (Å²) in [5.41, 5.74) is 1.61. The van der Waals surface area contributed by atoms with E-state index in [1.54, 1.807) is 24.7 Å². The fourth-order valence-electron chi connectivity index (χ4n) is 5.58. The van der Waals surface area contributed by atoms with Crippen molar-refractivity contribution in [1.29, 1.82) is 0 Å². The monoisotopic (exact) mass is 527 g/mol. The van der Waals surface area contributed by atoms with Gasteiger partial charge in [-0.3, -0.25) is 4.79 Å². The number of halogens is 2. The van der Waals surface area contributed by atoms with E-state index in [4.69, 9.17) is 16.3 Å². The summed E-state index contributed by atoms with van der Waals surface area (Å²) in [7, 11) is 0. The van der Waals surface area contributed by atoms with Crippen LogP contribution in [0.5, 0.6) is 0 Å². The average Bonchev–Trinajstić information content (AvgIpc) is 3.56. The second-order valence-electron chi connectivity index (χ2n) is 9.11. The molecular formula is C24H23ClFN7O2S. The number of nitrogens with one attached hydrogen (secondary N) is 2. The molecule has 0 spiro atoms. The van der Waals surface area contributed by atoms with Crippen LogP contribution in [0.2, 0.25) is 5.15 Å². The second kappa shape index (κ2) is 9.36. The number of carbonyl (C=O) groups is 1. The van der Waals surface area contributed by atoms with Crippen LogP contribution in [-0.2, 0) is 9.53 Å². The molecule has 4 heterocycles. The number of H-pyrrole nitrogens is 1. The lowest BCUT2D eigenvalue weighted by Crippen LogP contribution is -2.52. The van der Waals surface area contributed by atoms with Gasteiger partial charge >= 0.3 is 5.97 Å². The Kier molecular flexibility index (Phi) is 6.04. The fourth-order valence-corrected chi connectivity index (χ4v) is 6.33. The first-order valence-electron chi connectivity index (χ1n) is 11.9. The topological polar surface area (TPSA) is 119 Å². The lowest BCUT2D eigenvalue weighted by molar-refractivity contribution is -0.154. The standard InChI is InChI=1S/C24H23ClFN7O2S/c1-2-35-24(34)15-11-3-5-12(6-4-11)17(15)31-21-16(26)19(23-27-7-8-36-23)32-20(33-21)13-9-28-22-18(13)30-14(25)10-29-22/h7-12,15,17H,2-6H2,1H3,(H,28,29)(H,31,32,33)/t11?,12?,15-,17-/m1/s1. The van der Waals surface area contributed by atoms with Crippen LogP contribution in [0.3, 0.4) is 0 Å². The van der Waals surface area contributed by atoms with Crippen LogP contribution in [0.15, 0.2) is 24.0 Å². The molecule has 36 heavy (non-hydrogen) atoms. The van der Waals surface area contributed by atoms with E-state index in [1.807, 2.05) is 0 Å². The summed E-state index contributed by atoms with van der Waals surface area (Å²) >= 11 is 7.37. The van der Waals surface area contributed by atoms with Crippen LogP contribution in [0.1, 0.15) is 32.6 Å². The molecule has 0 radical (unpaired) electrons. The van der Waals surface area contributed by atoms with Gasteiger partial charge in [-0.1, -0.05) is 11.6 Å². The number of hydrogen-bond acceptors (Lipinski definition) is 9. The number of rotatable bonds is 6. The molecule has 186 valence electrons. The zero-order valence-corrected chi connectivity index (χ0v) is 20.9. The minimum absolute atomic E-state index is 0.0291. The first-order chi connectivity index (χ1) is 17.5. The molecule has 4 aromatic rings. The summed E-state index contributed by atoms with van der Waals surface area (Å²) in [6.45, 7) is 2.11. The SMILES string of the molecule is CCOC(=O)[C@@H]1C2CCC(CC2)[C@H]1Nc1nc(-c2c[nH]c3ncc(Cl)nc23)nc(-c2nccs2)c1F. The van der Waals surface area contributed by atoms with Gasteiger partial charge in [0, 0.05) is 23.8 Å². The maximum Gasteiger partial charge on any atom is 0.311 e. The number of anilines is 1. The quantitative estimate of drug-likeness (QED) is 0.332. The lowest BCUT2D eigenvalue weighted by atomic mass is 9.61. The van der Waals surface area contributed by atoms with Crippen LogP contribution in [0.25, 0.3) is 33.3 Å². The van der Waals surface area contributed by atoms with Gasteiger partial charge in [-0.25, -0.2) is 29.3 Å². The molecule has 3 aliphatic carbocycles. The highest BCUT2D eigenvalue weighted by Crippen LogP contribution is 2.47. The molecule has 0 aliphatic heterocycles. The zero-order chi connectivity index (χ0) is 24.8. The van der Waals surface area contributed by atoms with Crippen LogP contribution in [0, 0.1) is 23.6 Å². The van der Waals surface area contributed by atoms with Crippen molar-refractivity contribution in [1.82, 2.24) is 29.9 Å². The molecule has 0 saturated heterocycles. The van der Waals surface area contributed by atoms with Gasteiger partial charge in [0.25, 0.3) is 0 Å². The number of esters is 1. The summed E-state index contributed by atoms with van der Waals surface area (Å²) in [6.07, 6.45) is 8.63. The Hall–Kier alpha value is -3.18. The number of hydrogen-bond donors (Lipinski definition) is 2. The Morgan fingerprint density at radius 1 is 1.22 bits per heavy atom. The summed E-state index contributed by atoms with van der Waals surface area (Å²) in [5, 5.41) is 5.72. The smallest absolute Gasteiger partial charge is 0.311 e. The van der Waals surface area contributed by atoms with Crippen LogP contribution >= 0.6 is 22.9 Å². The van der Waals surface area contributed by atoms with E-state index < -0.39 is 5.82 Å². The molecular weight excluding hydrogens is 505 g/mol. The molecule has 2 atom stereocenters. The molecule has 0 unspecified atom stereocenters. The van der Waals surface area contributed by atoms with Crippen molar-refractivity contribution in [3.63, 3.8) is 0 Å². The highest BCUT2D eigenvalue weighted by Gasteiger charge is 2.48. The Labute approximate surface area is 214 Å². The first kappa shape index (κ1) is 23.2. The summed E-state index contributed by atoms with van der Waals surface area (Å²) in [4.78, 5) is 38.0. The molecule has 0 aromatic carbocycles. The number of ether oxygens (including phenoxy) is 1. The van der Waals surface area contributed by atoms with Crippen molar-refractivity contribution < 1.29 is 13.9 Å². The summed E-state index contributed by atoms with van der Waals surface area (Å²) < 4.78 is 21.3. The fraction of sp³-hybridized carbons (Fsp3) is 0.417. The number of fused-ring (bicyclic) bond motifs is 4. The maximum atomic E-state index is 15.9. The average molecular weight is 528 g/mol. The molecule has 2 bridgehead atoms. The van der Waals surface area contributed by atoms with Crippen molar-refractivity contribution in [3.8, 4) is 22.1 Å². The van der Waals surface area contributed by atoms with Crippen molar-refractivity contribution in [2.45, 2.75) is 38.6 Å². The van der Waals surface area contributed by atoms with Gasteiger partial charge in [-0.05, 0) is 44.4 Å². The third-order valence-electron chi connectivity index (χ3n) is 7.16. The van der Waals surface area contributed by atoms with Crippen molar-refractivity contribution >= 4 is 45.9 Å². The van der Waals surface area contributed by atoms with E-state index in [1.165, 1.54) is 17.5 Å². The van der Waals surface area contributed by atoms with Crippen molar-refractivity contribution in [2.75, 3.05) is 11.9 Å². The predicted octanol–water partition coefficient (Wildman–Crippen LogP) is 5.11. The number of aromatic nitrogens is 6. The molecule has 0 amide bonds. The Balaban J connectivity index is 1.46. The van der Waals surface area contributed by atoms with E-state index in [-0.39, 0.29) is 52.3 Å². The van der Waals surface area contributed by atoms with E-state index >= 15 is 4.39 Å². The van der Waals surface area contributed by atoms with E-state index in [2.05, 4.69) is 35.2 Å². The predicted molar refractivity (Wildman–Crippen MR) is 134 cm³/mol. The minimum Gasteiger partial charge on any atom is -0.466 e. The number of carbonyl (C=O) groups excluding carboxylic acids is 1. The first-order valence-corrected chi connectivity index (χ1v) is 13.2. The highest BCUT2D eigenvalue weighted by atomic mass is 35.5. The van der Waals surface area contributed by atoms with Crippen LogP contribution < -0.4 is 5.32 Å². The van der Waals surface area contributed by atoms with E-state index in [9.17, 15) is 4.79 Å².